The van der Waals surface area contributed by atoms with Crippen molar-refractivity contribution in [2.45, 2.75) is 52.9 Å². The third-order valence-electron chi connectivity index (χ3n) is 4.80. The highest BCUT2D eigenvalue weighted by atomic mass is 16.1. The van der Waals surface area contributed by atoms with Gasteiger partial charge in [0, 0.05) is 0 Å². The van der Waals surface area contributed by atoms with Crippen LogP contribution in [0.3, 0.4) is 0 Å². The van der Waals surface area contributed by atoms with Gasteiger partial charge in [0.25, 0.3) is 0 Å². The monoisotopic (exact) mass is 218 g/mol. The van der Waals surface area contributed by atoms with E-state index >= 15 is 0 Å². The minimum absolute atomic E-state index is 0.324. The van der Waals surface area contributed by atoms with Crippen LogP contribution in [0.5, 0.6) is 0 Å². The zero-order chi connectivity index (χ0) is 11.8. The lowest BCUT2D eigenvalue weighted by atomic mass is 9.66. The van der Waals surface area contributed by atoms with Crippen molar-refractivity contribution in [3.05, 3.63) is 22.8 Å². The third kappa shape index (κ3) is 1.66. The molecule has 1 heteroatoms. The minimum atomic E-state index is 0.324. The molecule has 0 aliphatic heterocycles. The topological polar surface area (TPSA) is 17.1 Å². The summed E-state index contributed by atoms with van der Waals surface area (Å²) in [5.41, 5.74) is 4.30. The van der Waals surface area contributed by atoms with Crippen LogP contribution in [0.2, 0.25) is 0 Å². The highest BCUT2D eigenvalue weighted by Gasteiger charge is 2.44. The first-order valence-electron chi connectivity index (χ1n) is 6.41. The van der Waals surface area contributed by atoms with E-state index in [-0.39, 0.29) is 0 Å². The van der Waals surface area contributed by atoms with Gasteiger partial charge in [0.2, 0.25) is 0 Å². The van der Waals surface area contributed by atoms with Crippen molar-refractivity contribution >= 4 is 6.29 Å². The molecule has 0 amide bonds. The van der Waals surface area contributed by atoms with Gasteiger partial charge in [-0.3, -0.25) is 4.79 Å². The Kier molecular flexibility index (Phi) is 3.05. The SMILES string of the molecule is CC1=CCC2(CC1)/C(=C(\C)C=O)CC[C@H]2C. The Morgan fingerprint density at radius 1 is 1.50 bits per heavy atom. The van der Waals surface area contributed by atoms with Crippen molar-refractivity contribution in [2.24, 2.45) is 11.3 Å². The van der Waals surface area contributed by atoms with E-state index in [0.717, 1.165) is 30.6 Å². The molecule has 2 atom stereocenters. The Morgan fingerprint density at radius 2 is 2.25 bits per heavy atom. The summed E-state index contributed by atoms with van der Waals surface area (Å²) in [5, 5.41) is 0. The van der Waals surface area contributed by atoms with E-state index in [1.807, 2.05) is 6.92 Å². The van der Waals surface area contributed by atoms with Gasteiger partial charge in [-0.1, -0.05) is 24.1 Å². The normalized spacial score (nSPS) is 37.4. The summed E-state index contributed by atoms with van der Waals surface area (Å²) in [4.78, 5) is 11.0. The molecule has 0 radical (unpaired) electrons. The molecule has 2 rings (SSSR count). The first-order valence-corrected chi connectivity index (χ1v) is 6.41. The first-order chi connectivity index (χ1) is 7.60. The molecule has 16 heavy (non-hydrogen) atoms. The van der Waals surface area contributed by atoms with Gasteiger partial charge in [-0.05, 0) is 62.9 Å². The molecule has 1 spiro atoms. The summed E-state index contributed by atoms with van der Waals surface area (Å²) in [5.74, 6) is 0.738. The number of carbonyl (C=O) groups excluding carboxylic acids is 1. The van der Waals surface area contributed by atoms with Crippen molar-refractivity contribution in [2.75, 3.05) is 0 Å². The smallest absolute Gasteiger partial charge is 0.145 e. The van der Waals surface area contributed by atoms with E-state index in [2.05, 4.69) is 19.9 Å². The van der Waals surface area contributed by atoms with Crippen LogP contribution in [0.25, 0.3) is 0 Å². The quantitative estimate of drug-likeness (QED) is 0.368. The molecular formula is C15H22O. The third-order valence-corrected chi connectivity index (χ3v) is 4.80. The van der Waals surface area contributed by atoms with Crippen LogP contribution in [0.4, 0.5) is 0 Å². The van der Waals surface area contributed by atoms with E-state index in [1.54, 1.807) is 0 Å². The summed E-state index contributed by atoms with van der Waals surface area (Å²) >= 11 is 0. The average Bonchev–Trinajstić information content (AvgIpc) is 2.60. The Bertz CT molecular complexity index is 362. The molecule has 0 aromatic carbocycles. The van der Waals surface area contributed by atoms with E-state index in [9.17, 15) is 4.79 Å². The molecule has 0 heterocycles. The number of allylic oxidation sites excluding steroid dienone is 4. The molecule has 0 bridgehead atoms. The lowest BCUT2D eigenvalue weighted by Crippen LogP contribution is -2.28. The van der Waals surface area contributed by atoms with Crippen LogP contribution in [-0.2, 0) is 4.79 Å². The van der Waals surface area contributed by atoms with E-state index < -0.39 is 0 Å². The summed E-state index contributed by atoms with van der Waals surface area (Å²) in [6, 6.07) is 0. The Hall–Kier alpha value is -0.850. The molecule has 88 valence electrons. The van der Waals surface area contributed by atoms with Crippen LogP contribution in [0.15, 0.2) is 22.8 Å². The summed E-state index contributed by atoms with van der Waals surface area (Å²) in [7, 11) is 0. The second kappa shape index (κ2) is 4.20. The first kappa shape index (κ1) is 11.6. The number of hydrogen-bond acceptors (Lipinski definition) is 1. The van der Waals surface area contributed by atoms with Crippen molar-refractivity contribution in [1.29, 1.82) is 0 Å². The van der Waals surface area contributed by atoms with Crippen LogP contribution < -0.4 is 0 Å². The molecule has 0 N–H and O–H groups in total. The van der Waals surface area contributed by atoms with E-state index in [1.165, 1.54) is 30.4 Å². The highest BCUT2D eigenvalue weighted by Crippen LogP contribution is 2.56. The largest absolute Gasteiger partial charge is 0.298 e. The predicted molar refractivity (Wildman–Crippen MR) is 67.2 cm³/mol. The summed E-state index contributed by atoms with van der Waals surface area (Å²) in [6.45, 7) is 6.58. The molecule has 0 aromatic heterocycles. The highest BCUT2D eigenvalue weighted by molar-refractivity contribution is 5.74. The fraction of sp³-hybridized carbons (Fsp3) is 0.667. The van der Waals surface area contributed by atoms with E-state index in [0.29, 0.717) is 5.41 Å². The minimum Gasteiger partial charge on any atom is -0.298 e. The van der Waals surface area contributed by atoms with Gasteiger partial charge in [-0.15, -0.1) is 0 Å². The summed E-state index contributed by atoms with van der Waals surface area (Å²) < 4.78 is 0. The molecule has 0 saturated heterocycles. The maximum atomic E-state index is 11.0. The maximum absolute atomic E-state index is 11.0. The van der Waals surface area contributed by atoms with Crippen LogP contribution in [0, 0.1) is 11.3 Å². The van der Waals surface area contributed by atoms with Crippen LogP contribution in [0.1, 0.15) is 52.9 Å². The number of rotatable bonds is 1. The lowest BCUT2D eigenvalue weighted by molar-refractivity contribution is -0.105. The Labute approximate surface area is 98.6 Å². The van der Waals surface area contributed by atoms with E-state index in [4.69, 9.17) is 0 Å². The molecular weight excluding hydrogens is 196 g/mol. The number of hydrogen-bond donors (Lipinski definition) is 0. The molecule has 1 unspecified atom stereocenters. The molecule has 0 aromatic rings. The Morgan fingerprint density at radius 3 is 2.81 bits per heavy atom. The van der Waals surface area contributed by atoms with Crippen LogP contribution in [-0.4, -0.2) is 6.29 Å². The fourth-order valence-electron chi connectivity index (χ4n) is 3.55. The average molecular weight is 218 g/mol. The molecule has 2 aliphatic rings. The zero-order valence-electron chi connectivity index (χ0n) is 10.7. The van der Waals surface area contributed by atoms with Crippen molar-refractivity contribution < 1.29 is 4.79 Å². The van der Waals surface area contributed by atoms with Crippen molar-refractivity contribution in [3.8, 4) is 0 Å². The second-order valence-corrected chi connectivity index (χ2v) is 5.63. The van der Waals surface area contributed by atoms with Gasteiger partial charge >= 0.3 is 0 Å². The predicted octanol–water partition coefficient (Wildman–Crippen LogP) is 4.05. The van der Waals surface area contributed by atoms with Gasteiger partial charge in [0.05, 0.1) is 0 Å². The molecule has 1 nitrogen and oxygen atoms in total. The molecule has 2 aliphatic carbocycles. The van der Waals surface area contributed by atoms with Gasteiger partial charge in [0.15, 0.2) is 0 Å². The Balaban J connectivity index is 2.40. The standard InChI is InChI=1S/C15H22O/c1-11-6-8-15(9-7-11)13(3)4-5-14(15)12(2)10-16/h6,10,13H,4-5,7-9H2,1-3H3/b14-12+/t13-,15?/m1/s1. The van der Waals surface area contributed by atoms with Gasteiger partial charge < -0.3 is 0 Å². The van der Waals surface area contributed by atoms with Gasteiger partial charge in [-0.2, -0.15) is 0 Å². The van der Waals surface area contributed by atoms with Crippen molar-refractivity contribution in [1.82, 2.24) is 0 Å². The summed E-state index contributed by atoms with van der Waals surface area (Å²) in [6.07, 6.45) is 9.45. The zero-order valence-corrected chi connectivity index (χ0v) is 10.7. The maximum Gasteiger partial charge on any atom is 0.145 e. The second-order valence-electron chi connectivity index (χ2n) is 5.63. The fourth-order valence-corrected chi connectivity index (χ4v) is 3.55. The van der Waals surface area contributed by atoms with Crippen molar-refractivity contribution in [3.63, 3.8) is 0 Å². The molecule has 1 fully saturated rings. The molecule has 1 saturated carbocycles. The lowest BCUT2D eigenvalue weighted by Gasteiger charge is -2.38. The van der Waals surface area contributed by atoms with Gasteiger partial charge in [-0.25, -0.2) is 0 Å². The number of carbonyl (C=O) groups is 1. The van der Waals surface area contributed by atoms with Gasteiger partial charge in [0.1, 0.15) is 6.29 Å². The number of aldehydes is 1. The van der Waals surface area contributed by atoms with Crippen LogP contribution >= 0.6 is 0 Å².